The fraction of sp³-hybridized carbons (Fsp3) is 0.500. The Kier molecular flexibility index (Phi) is 5.46. The lowest BCUT2D eigenvalue weighted by atomic mass is 10.2. The third kappa shape index (κ3) is 4.36. The number of para-hydroxylation sites is 1. The van der Waals surface area contributed by atoms with Gasteiger partial charge in [-0.25, -0.2) is 18.4 Å². The largest absolute Gasteiger partial charge is 0.376 e. The number of rotatable bonds is 7. The van der Waals surface area contributed by atoms with Crippen molar-refractivity contribution in [3.8, 4) is 0 Å². The second-order valence-electron chi connectivity index (χ2n) is 7.88. The molecule has 2 aromatic heterocycles. The molecule has 1 fully saturated rings. The minimum absolute atomic E-state index is 0.0344. The number of aromatic amines is 1. The maximum absolute atomic E-state index is 12.2. The topological polar surface area (TPSA) is 93.1 Å². The Bertz CT molecular complexity index is 1110. The van der Waals surface area contributed by atoms with E-state index in [9.17, 15) is 8.42 Å². The molecule has 0 spiro atoms. The Morgan fingerprint density at radius 1 is 1.34 bits per heavy atom. The zero-order valence-electron chi connectivity index (χ0n) is 17.1. The Balaban J connectivity index is 1.54. The molecule has 156 valence electrons. The fourth-order valence-corrected chi connectivity index (χ4v) is 4.73. The number of ether oxygens (including phenoxy) is 1. The van der Waals surface area contributed by atoms with Crippen molar-refractivity contribution in [3.05, 3.63) is 41.5 Å². The summed E-state index contributed by atoms with van der Waals surface area (Å²) in [5, 5.41) is 0.107. The van der Waals surface area contributed by atoms with Crippen molar-refractivity contribution in [2.75, 3.05) is 19.9 Å². The highest BCUT2D eigenvalue weighted by molar-refractivity contribution is 7.90. The second-order valence-corrected chi connectivity index (χ2v) is 9.79. The van der Waals surface area contributed by atoms with E-state index in [1.807, 2.05) is 32.2 Å². The van der Waals surface area contributed by atoms with Gasteiger partial charge in [-0.2, -0.15) is 0 Å². The van der Waals surface area contributed by atoms with Crippen molar-refractivity contribution >= 4 is 20.9 Å². The quantitative estimate of drug-likeness (QED) is 0.634. The van der Waals surface area contributed by atoms with Crippen LogP contribution in [0.4, 0.5) is 0 Å². The number of hydrogen-bond donors (Lipinski definition) is 1. The monoisotopic (exact) mass is 417 g/mol. The van der Waals surface area contributed by atoms with Crippen LogP contribution in [0.25, 0.3) is 11.0 Å². The van der Waals surface area contributed by atoms with Crippen LogP contribution in [-0.4, -0.2) is 58.9 Å². The molecular weight excluding hydrogens is 390 g/mol. The number of sulfone groups is 1. The number of nitrogens with zero attached hydrogens (tertiary/aromatic N) is 4. The first-order chi connectivity index (χ1) is 13.8. The summed E-state index contributed by atoms with van der Waals surface area (Å²) in [6.07, 6.45) is 4.84. The SMILES string of the molecule is Cc1cccc2[nH]c(CN(C)Cc3cnc(S(C)(=O)=O)n3C[C@H]3CCCO3)nc12. The van der Waals surface area contributed by atoms with Gasteiger partial charge in [0.2, 0.25) is 15.0 Å². The number of fused-ring (bicyclic) bond motifs is 1. The molecule has 4 rings (SSSR count). The maximum atomic E-state index is 12.2. The van der Waals surface area contributed by atoms with Gasteiger partial charge >= 0.3 is 0 Å². The molecular formula is C20H27N5O3S. The summed E-state index contributed by atoms with van der Waals surface area (Å²) in [6.45, 7) is 4.47. The zero-order chi connectivity index (χ0) is 20.6. The summed E-state index contributed by atoms with van der Waals surface area (Å²) < 4.78 is 31.9. The molecule has 0 unspecified atom stereocenters. The van der Waals surface area contributed by atoms with Gasteiger partial charge in [0.05, 0.1) is 42.1 Å². The summed E-state index contributed by atoms with van der Waals surface area (Å²) in [5.74, 6) is 0.880. The number of imidazole rings is 2. The molecule has 0 amide bonds. The van der Waals surface area contributed by atoms with Crippen LogP contribution in [0.1, 0.15) is 29.9 Å². The molecule has 0 radical (unpaired) electrons. The summed E-state index contributed by atoms with van der Waals surface area (Å²) >= 11 is 0. The van der Waals surface area contributed by atoms with Gasteiger partial charge in [-0.1, -0.05) is 12.1 Å². The van der Waals surface area contributed by atoms with Crippen LogP contribution in [0.2, 0.25) is 0 Å². The summed E-state index contributed by atoms with van der Waals surface area (Å²) in [4.78, 5) is 14.4. The van der Waals surface area contributed by atoms with Crippen LogP contribution < -0.4 is 0 Å². The van der Waals surface area contributed by atoms with Gasteiger partial charge in [0, 0.05) is 19.4 Å². The minimum Gasteiger partial charge on any atom is -0.376 e. The van der Waals surface area contributed by atoms with E-state index in [0.29, 0.717) is 19.6 Å². The highest BCUT2D eigenvalue weighted by Crippen LogP contribution is 2.21. The van der Waals surface area contributed by atoms with Gasteiger partial charge in [0.1, 0.15) is 5.82 Å². The molecule has 0 saturated carbocycles. The Morgan fingerprint density at radius 2 is 2.17 bits per heavy atom. The van der Waals surface area contributed by atoms with Crippen molar-refractivity contribution in [3.63, 3.8) is 0 Å². The van der Waals surface area contributed by atoms with E-state index >= 15 is 0 Å². The smallest absolute Gasteiger partial charge is 0.227 e. The number of hydrogen-bond acceptors (Lipinski definition) is 6. The lowest BCUT2D eigenvalue weighted by molar-refractivity contribution is 0.0934. The van der Waals surface area contributed by atoms with Gasteiger partial charge < -0.3 is 14.3 Å². The van der Waals surface area contributed by atoms with Crippen molar-refractivity contribution in [1.82, 2.24) is 24.4 Å². The average molecular weight is 418 g/mol. The Labute approximate surface area is 170 Å². The van der Waals surface area contributed by atoms with Crippen LogP contribution in [0, 0.1) is 6.92 Å². The molecule has 0 aliphatic carbocycles. The molecule has 1 saturated heterocycles. The van der Waals surface area contributed by atoms with Gasteiger partial charge in [0.15, 0.2) is 0 Å². The minimum atomic E-state index is -3.41. The van der Waals surface area contributed by atoms with Gasteiger partial charge in [-0.05, 0) is 38.4 Å². The lowest BCUT2D eigenvalue weighted by Crippen LogP contribution is -2.24. The third-order valence-corrected chi connectivity index (χ3v) is 6.25. The van der Waals surface area contributed by atoms with E-state index in [1.165, 1.54) is 6.26 Å². The lowest BCUT2D eigenvalue weighted by Gasteiger charge is -2.19. The van der Waals surface area contributed by atoms with Crippen LogP contribution in [0.15, 0.2) is 29.6 Å². The standard InChI is InChI=1S/C20H27N5O3S/c1-14-6-4-8-17-19(14)23-18(22-17)13-24(2)11-15-10-21-20(29(3,26)27)25(15)12-16-7-5-9-28-16/h4,6,8,10,16H,5,7,9,11-13H2,1-3H3,(H,22,23)/t16-/m1/s1. The maximum Gasteiger partial charge on any atom is 0.227 e. The van der Waals surface area contributed by atoms with E-state index in [2.05, 4.69) is 14.9 Å². The normalized spacial score (nSPS) is 17.6. The molecule has 3 heterocycles. The number of benzene rings is 1. The van der Waals surface area contributed by atoms with Crippen LogP contribution in [-0.2, 0) is 34.2 Å². The molecule has 29 heavy (non-hydrogen) atoms. The van der Waals surface area contributed by atoms with Gasteiger partial charge in [0.25, 0.3) is 0 Å². The van der Waals surface area contributed by atoms with E-state index in [-0.39, 0.29) is 11.3 Å². The number of aromatic nitrogens is 4. The van der Waals surface area contributed by atoms with Crippen molar-refractivity contribution in [2.45, 2.75) is 50.7 Å². The van der Waals surface area contributed by atoms with Crippen LogP contribution >= 0.6 is 0 Å². The van der Waals surface area contributed by atoms with Gasteiger partial charge in [-0.15, -0.1) is 0 Å². The van der Waals surface area contributed by atoms with Crippen molar-refractivity contribution in [2.24, 2.45) is 0 Å². The van der Waals surface area contributed by atoms with E-state index in [0.717, 1.165) is 47.6 Å². The first-order valence-electron chi connectivity index (χ1n) is 9.80. The molecule has 1 aliphatic heterocycles. The average Bonchev–Trinajstić information content (AvgIpc) is 3.36. The number of aryl methyl sites for hydroxylation is 1. The predicted octanol–water partition coefficient (Wildman–Crippen LogP) is 2.28. The number of H-pyrrole nitrogens is 1. The molecule has 1 N–H and O–H groups in total. The molecule has 9 heteroatoms. The fourth-order valence-electron chi connectivity index (χ4n) is 3.89. The summed E-state index contributed by atoms with van der Waals surface area (Å²) in [6, 6.07) is 6.08. The summed E-state index contributed by atoms with van der Waals surface area (Å²) in [7, 11) is -1.42. The molecule has 1 atom stereocenters. The van der Waals surface area contributed by atoms with Gasteiger partial charge in [-0.3, -0.25) is 4.90 Å². The second kappa shape index (κ2) is 7.89. The van der Waals surface area contributed by atoms with E-state index in [1.54, 1.807) is 10.8 Å². The molecule has 0 bridgehead atoms. The molecule has 1 aromatic carbocycles. The highest BCUT2D eigenvalue weighted by Gasteiger charge is 2.24. The van der Waals surface area contributed by atoms with Crippen molar-refractivity contribution in [1.29, 1.82) is 0 Å². The predicted molar refractivity (Wildman–Crippen MR) is 110 cm³/mol. The highest BCUT2D eigenvalue weighted by atomic mass is 32.2. The molecule has 1 aliphatic rings. The Morgan fingerprint density at radius 3 is 2.86 bits per heavy atom. The van der Waals surface area contributed by atoms with E-state index in [4.69, 9.17) is 9.72 Å². The zero-order valence-corrected chi connectivity index (χ0v) is 17.9. The first kappa shape index (κ1) is 20.1. The van der Waals surface area contributed by atoms with Crippen LogP contribution in [0.3, 0.4) is 0 Å². The third-order valence-electron chi connectivity index (χ3n) is 5.26. The Hall–Kier alpha value is -2.23. The first-order valence-corrected chi connectivity index (χ1v) is 11.7. The summed E-state index contributed by atoms with van der Waals surface area (Å²) in [5.41, 5.74) is 4.01. The van der Waals surface area contributed by atoms with Crippen molar-refractivity contribution < 1.29 is 13.2 Å². The van der Waals surface area contributed by atoms with E-state index < -0.39 is 9.84 Å². The molecule has 8 nitrogen and oxygen atoms in total. The molecule has 3 aromatic rings. The number of nitrogens with one attached hydrogen (secondary N) is 1. The van der Waals surface area contributed by atoms with Crippen LogP contribution in [0.5, 0.6) is 0 Å².